The Kier molecular flexibility index (Phi) is 2.84. The van der Waals surface area contributed by atoms with Gasteiger partial charge in [-0.2, -0.15) is 0 Å². The van der Waals surface area contributed by atoms with Gasteiger partial charge in [-0.05, 0) is 47.9 Å². The van der Waals surface area contributed by atoms with Gasteiger partial charge in [-0.15, -0.1) is 0 Å². The number of benzene rings is 2. The Morgan fingerprint density at radius 2 is 1.88 bits per heavy atom. The Bertz CT molecular complexity index is 537. The maximum atomic E-state index is 13.3. The van der Waals surface area contributed by atoms with E-state index in [0.29, 0.717) is 5.69 Å². The third-order valence-corrected chi connectivity index (χ3v) is 2.79. The van der Waals surface area contributed by atoms with E-state index in [0.717, 1.165) is 16.7 Å². The van der Waals surface area contributed by atoms with E-state index in [1.807, 2.05) is 19.1 Å². The molecule has 2 aromatic carbocycles. The smallest absolute Gasteiger partial charge is 0.142 e. The molecule has 82 valence electrons. The molecule has 0 fully saturated rings. The molecule has 0 amide bonds. The maximum Gasteiger partial charge on any atom is 0.142 e. The molecule has 0 aliphatic rings. The summed E-state index contributed by atoms with van der Waals surface area (Å²) in [6.07, 6.45) is 0. The minimum atomic E-state index is -0.407. The molecule has 0 aliphatic heterocycles. The van der Waals surface area contributed by atoms with Crippen molar-refractivity contribution in [3.63, 3.8) is 0 Å². The van der Waals surface area contributed by atoms with Crippen LogP contribution in [0.3, 0.4) is 0 Å². The Labute approximate surface area is 98.7 Å². The zero-order valence-corrected chi connectivity index (χ0v) is 9.55. The quantitative estimate of drug-likeness (QED) is 0.742. The van der Waals surface area contributed by atoms with E-state index in [1.165, 1.54) is 6.07 Å². The van der Waals surface area contributed by atoms with Gasteiger partial charge in [0.1, 0.15) is 5.82 Å². The highest BCUT2D eigenvalue weighted by Crippen LogP contribution is 2.27. The van der Waals surface area contributed by atoms with Gasteiger partial charge in [-0.1, -0.05) is 23.7 Å². The van der Waals surface area contributed by atoms with Gasteiger partial charge in [-0.3, -0.25) is 0 Å². The van der Waals surface area contributed by atoms with Crippen molar-refractivity contribution in [2.75, 3.05) is 5.73 Å². The van der Waals surface area contributed by atoms with Crippen LogP contribution >= 0.6 is 11.6 Å². The second-order valence-corrected chi connectivity index (χ2v) is 4.11. The molecule has 0 spiro atoms. The molecule has 16 heavy (non-hydrogen) atoms. The van der Waals surface area contributed by atoms with Crippen molar-refractivity contribution in [1.82, 2.24) is 0 Å². The fraction of sp³-hybridized carbons (Fsp3) is 0.0769. The molecule has 0 radical (unpaired) electrons. The minimum Gasteiger partial charge on any atom is -0.399 e. The topological polar surface area (TPSA) is 26.0 Å². The molecule has 0 aromatic heterocycles. The number of nitrogens with two attached hydrogens (primary N) is 1. The van der Waals surface area contributed by atoms with Crippen molar-refractivity contribution < 1.29 is 4.39 Å². The Balaban J connectivity index is 2.54. The van der Waals surface area contributed by atoms with Crippen LogP contribution in [0, 0.1) is 12.7 Å². The van der Waals surface area contributed by atoms with Gasteiger partial charge in [0.25, 0.3) is 0 Å². The molecule has 0 aliphatic carbocycles. The standard InChI is InChI=1S/C13H11ClFN/c1-8-6-10(16)3-4-11(8)9-2-5-12(14)13(15)7-9/h2-7H,16H2,1H3. The average molecular weight is 236 g/mol. The zero-order chi connectivity index (χ0) is 11.7. The first-order valence-corrected chi connectivity index (χ1v) is 5.27. The van der Waals surface area contributed by atoms with Crippen LogP contribution < -0.4 is 5.73 Å². The Hall–Kier alpha value is -1.54. The lowest BCUT2D eigenvalue weighted by molar-refractivity contribution is 0.629. The normalized spacial score (nSPS) is 10.4. The van der Waals surface area contributed by atoms with Gasteiger partial charge in [-0.25, -0.2) is 4.39 Å². The summed E-state index contributed by atoms with van der Waals surface area (Å²) in [6.45, 7) is 1.94. The summed E-state index contributed by atoms with van der Waals surface area (Å²) in [6, 6.07) is 10.3. The van der Waals surface area contributed by atoms with Crippen LogP contribution in [0.4, 0.5) is 10.1 Å². The molecule has 2 rings (SSSR count). The summed E-state index contributed by atoms with van der Waals surface area (Å²) in [5.41, 5.74) is 9.15. The van der Waals surface area contributed by atoms with Crippen LogP contribution in [0.5, 0.6) is 0 Å². The van der Waals surface area contributed by atoms with Gasteiger partial charge in [0.15, 0.2) is 0 Å². The largest absolute Gasteiger partial charge is 0.399 e. The summed E-state index contributed by atoms with van der Waals surface area (Å²) < 4.78 is 13.3. The fourth-order valence-corrected chi connectivity index (χ4v) is 1.79. The highest BCUT2D eigenvalue weighted by Gasteiger charge is 2.05. The van der Waals surface area contributed by atoms with Crippen LogP contribution in [-0.2, 0) is 0 Å². The summed E-state index contributed by atoms with van der Waals surface area (Å²) in [7, 11) is 0. The first-order chi connectivity index (χ1) is 7.58. The second-order valence-electron chi connectivity index (χ2n) is 3.70. The predicted octanol–water partition coefficient (Wildman–Crippen LogP) is 4.04. The highest BCUT2D eigenvalue weighted by atomic mass is 35.5. The van der Waals surface area contributed by atoms with Crippen LogP contribution in [0.1, 0.15) is 5.56 Å². The number of hydrogen-bond acceptors (Lipinski definition) is 1. The van der Waals surface area contributed by atoms with Crippen LogP contribution in [0.15, 0.2) is 36.4 Å². The van der Waals surface area contributed by atoms with E-state index in [-0.39, 0.29) is 5.02 Å². The van der Waals surface area contributed by atoms with Crippen molar-refractivity contribution in [3.8, 4) is 11.1 Å². The molecule has 1 nitrogen and oxygen atoms in total. The third-order valence-electron chi connectivity index (χ3n) is 2.48. The fourth-order valence-electron chi connectivity index (χ4n) is 1.67. The van der Waals surface area contributed by atoms with Gasteiger partial charge in [0.2, 0.25) is 0 Å². The molecular weight excluding hydrogens is 225 g/mol. The summed E-state index contributed by atoms with van der Waals surface area (Å²) in [5.74, 6) is -0.407. The lowest BCUT2D eigenvalue weighted by Gasteiger charge is -2.07. The molecule has 0 saturated carbocycles. The van der Waals surface area contributed by atoms with Crippen LogP contribution in [0.25, 0.3) is 11.1 Å². The number of rotatable bonds is 1. The number of aryl methyl sites for hydroxylation is 1. The Morgan fingerprint density at radius 1 is 1.12 bits per heavy atom. The number of halogens is 2. The maximum absolute atomic E-state index is 13.3. The first-order valence-electron chi connectivity index (χ1n) is 4.89. The number of hydrogen-bond donors (Lipinski definition) is 1. The zero-order valence-electron chi connectivity index (χ0n) is 8.80. The molecule has 3 heteroatoms. The SMILES string of the molecule is Cc1cc(N)ccc1-c1ccc(Cl)c(F)c1. The monoisotopic (exact) mass is 235 g/mol. The number of anilines is 1. The summed E-state index contributed by atoms with van der Waals surface area (Å²) in [4.78, 5) is 0. The summed E-state index contributed by atoms with van der Waals surface area (Å²) in [5, 5.41) is 0.136. The first kappa shape index (κ1) is 11.0. The summed E-state index contributed by atoms with van der Waals surface area (Å²) >= 11 is 5.64. The van der Waals surface area contributed by atoms with Crippen molar-refractivity contribution in [3.05, 3.63) is 52.8 Å². The molecule has 0 unspecified atom stereocenters. The molecule has 0 atom stereocenters. The van der Waals surface area contributed by atoms with Crippen molar-refractivity contribution in [2.45, 2.75) is 6.92 Å². The molecule has 0 bridgehead atoms. The predicted molar refractivity (Wildman–Crippen MR) is 66.0 cm³/mol. The van der Waals surface area contributed by atoms with Crippen LogP contribution in [-0.4, -0.2) is 0 Å². The van der Waals surface area contributed by atoms with E-state index in [1.54, 1.807) is 18.2 Å². The molecule has 0 saturated heterocycles. The number of nitrogen functional groups attached to an aromatic ring is 1. The van der Waals surface area contributed by atoms with Crippen molar-refractivity contribution in [2.24, 2.45) is 0 Å². The van der Waals surface area contributed by atoms with Gasteiger partial charge in [0.05, 0.1) is 5.02 Å². The average Bonchev–Trinajstić information content (AvgIpc) is 2.22. The van der Waals surface area contributed by atoms with E-state index in [4.69, 9.17) is 17.3 Å². The molecular formula is C13H11ClFN. The minimum absolute atomic E-state index is 0.136. The van der Waals surface area contributed by atoms with Crippen molar-refractivity contribution >= 4 is 17.3 Å². The lowest BCUT2D eigenvalue weighted by atomic mass is 10.00. The molecule has 2 N–H and O–H groups in total. The Morgan fingerprint density at radius 3 is 2.50 bits per heavy atom. The van der Waals surface area contributed by atoms with E-state index >= 15 is 0 Å². The van der Waals surface area contributed by atoms with Crippen LogP contribution in [0.2, 0.25) is 5.02 Å². The van der Waals surface area contributed by atoms with Gasteiger partial charge in [0, 0.05) is 5.69 Å². The van der Waals surface area contributed by atoms with Gasteiger partial charge < -0.3 is 5.73 Å². The highest BCUT2D eigenvalue weighted by molar-refractivity contribution is 6.30. The second kappa shape index (κ2) is 4.14. The molecule has 0 heterocycles. The van der Waals surface area contributed by atoms with E-state index < -0.39 is 5.82 Å². The van der Waals surface area contributed by atoms with E-state index in [2.05, 4.69) is 0 Å². The third kappa shape index (κ3) is 2.02. The molecule has 2 aromatic rings. The van der Waals surface area contributed by atoms with Gasteiger partial charge >= 0.3 is 0 Å². The van der Waals surface area contributed by atoms with Crippen molar-refractivity contribution in [1.29, 1.82) is 0 Å². The lowest BCUT2D eigenvalue weighted by Crippen LogP contribution is -1.89. The van der Waals surface area contributed by atoms with E-state index in [9.17, 15) is 4.39 Å².